The highest BCUT2D eigenvalue weighted by molar-refractivity contribution is 5.96. The molecule has 0 radical (unpaired) electrons. The van der Waals surface area contributed by atoms with Crippen molar-refractivity contribution in [2.24, 2.45) is 0 Å². The zero-order valence-electron chi connectivity index (χ0n) is 21.4. The number of carbonyl (C=O) groups is 3. The molecule has 0 bridgehead atoms. The lowest BCUT2D eigenvalue weighted by molar-refractivity contribution is -0.133. The molecule has 0 aromatic heterocycles. The molecule has 3 amide bonds. The summed E-state index contributed by atoms with van der Waals surface area (Å²) in [7, 11) is 0. The van der Waals surface area contributed by atoms with Crippen LogP contribution in [0.15, 0.2) is 36.4 Å². The normalized spacial score (nSPS) is 13.9. The van der Waals surface area contributed by atoms with Gasteiger partial charge in [0.15, 0.2) is 0 Å². The van der Waals surface area contributed by atoms with Crippen LogP contribution < -0.4 is 10.6 Å². The summed E-state index contributed by atoms with van der Waals surface area (Å²) in [6.45, 7) is 9.18. The molecule has 1 fully saturated rings. The highest BCUT2D eigenvalue weighted by atomic mass is 16.2. The maximum Gasteiger partial charge on any atom is 0.238 e. The first-order valence-electron chi connectivity index (χ1n) is 12.5. The summed E-state index contributed by atoms with van der Waals surface area (Å²) in [5, 5.41) is 5.95. The van der Waals surface area contributed by atoms with Crippen molar-refractivity contribution in [3.05, 3.63) is 58.7 Å². The molecular formula is C28H38N4O3. The first kappa shape index (κ1) is 26.4. The number of hydrogen-bond donors (Lipinski definition) is 2. The van der Waals surface area contributed by atoms with Crippen LogP contribution in [0.2, 0.25) is 0 Å². The van der Waals surface area contributed by atoms with Crippen LogP contribution >= 0.6 is 0 Å². The Hall–Kier alpha value is -3.19. The van der Waals surface area contributed by atoms with Gasteiger partial charge < -0.3 is 15.5 Å². The standard InChI is InChI=1S/C28H38N4O3/c1-20-11-9-12-21(2)27(20)29-24(33)17-31(19-26(35)32-15-7-5-6-8-16-32)18-25(34)30-28-22(3)13-10-14-23(28)4/h9-14H,5-8,15-19H2,1-4H3,(H,29,33)(H,30,34). The van der Waals surface area contributed by atoms with E-state index >= 15 is 0 Å². The lowest BCUT2D eigenvalue weighted by Crippen LogP contribution is -2.46. The molecule has 3 rings (SSSR count). The van der Waals surface area contributed by atoms with Crippen LogP contribution in [0.5, 0.6) is 0 Å². The number of benzene rings is 2. The van der Waals surface area contributed by atoms with E-state index in [1.165, 1.54) is 0 Å². The van der Waals surface area contributed by atoms with Gasteiger partial charge in [-0.25, -0.2) is 0 Å². The number of hydrogen-bond acceptors (Lipinski definition) is 4. The van der Waals surface area contributed by atoms with Gasteiger partial charge in [-0.1, -0.05) is 49.2 Å². The predicted octanol–water partition coefficient (Wildman–Crippen LogP) is 4.20. The van der Waals surface area contributed by atoms with Gasteiger partial charge in [-0.05, 0) is 62.8 Å². The minimum Gasteiger partial charge on any atom is -0.342 e. The van der Waals surface area contributed by atoms with E-state index < -0.39 is 0 Å². The van der Waals surface area contributed by atoms with Crippen molar-refractivity contribution >= 4 is 29.1 Å². The summed E-state index contributed by atoms with van der Waals surface area (Å²) in [6.07, 6.45) is 4.24. The molecule has 7 heteroatoms. The average Bonchev–Trinajstić information content (AvgIpc) is 3.09. The van der Waals surface area contributed by atoms with Gasteiger partial charge >= 0.3 is 0 Å². The fraction of sp³-hybridized carbons (Fsp3) is 0.464. The van der Waals surface area contributed by atoms with Crippen molar-refractivity contribution in [3.8, 4) is 0 Å². The Morgan fingerprint density at radius 1 is 0.686 bits per heavy atom. The second kappa shape index (κ2) is 12.5. The van der Waals surface area contributed by atoms with E-state index in [4.69, 9.17) is 0 Å². The van der Waals surface area contributed by atoms with Crippen molar-refractivity contribution < 1.29 is 14.4 Å². The number of aryl methyl sites for hydroxylation is 4. The van der Waals surface area contributed by atoms with Crippen LogP contribution in [0.25, 0.3) is 0 Å². The van der Waals surface area contributed by atoms with E-state index in [9.17, 15) is 14.4 Å². The van der Waals surface area contributed by atoms with Gasteiger partial charge in [0.2, 0.25) is 17.7 Å². The lowest BCUT2D eigenvalue weighted by atomic mass is 10.1. The first-order chi connectivity index (χ1) is 16.7. The Labute approximate surface area is 208 Å². The molecule has 0 unspecified atom stereocenters. The third-order valence-electron chi connectivity index (χ3n) is 6.54. The van der Waals surface area contributed by atoms with Crippen LogP contribution in [0.3, 0.4) is 0 Å². The largest absolute Gasteiger partial charge is 0.342 e. The SMILES string of the molecule is Cc1cccc(C)c1NC(=O)CN(CC(=O)Nc1c(C)cccc1C)CC(=O)N1CCCCCC1. The second-order valence-electron chi connectivity index (χ2n) is 9.57. The fourth-order valence-corrected chi connectivity index (χ4v) is 4.57. The number of amides is 3. The van der Waals surface area contributed by atoms with Crippen molar-refractivity contribution in [2.75, 3.05) is 43.4 Å². The molecule has 2 aromatic carbocycles. The van der Waals surface area contributed by atoms with Crippen LogP contribution in [0.1, 0.15) is 47.9 Å². The maximum atomic E-state index is 13.1. The Kier molecular flexibility index (Phi) is 9.43. The number of carbonyl (C=O) groups excluding carboxylic acids is 3. The third kappa shape index (κ3) is 7.65. The quantitative estimate of drug-likeness (QED) is 0.596. The van der Waals surface area contributed by atoms with Gasteiger partial charge in [0, 0.05) is 24.5 Å². The summed E-state index contributed by atoms with van der Waals surface area (Å²) in [5.41, 5.74) is 5.43. The van der Waals surface area contributed by atoms with Crippen molar-refractivity contribution in [2.45, 2.75) is 53.4 Å². The second-order valence-corrected chi connectivity index (χ2v) is 9.57. The lowest BCUT2D eigenvalue weighted by Gasteiger charge is -2.26. The zero-order valence-corrected chi connectivity index (χ0v) is 21.4. The molecule has 0 aliphatic carbocycles. The molecular weight excluding hydrogens is 440 g/mol. The van der Waals surface area contributed by atoms with Gasteiger partial charge in [-0.3, -0.25) is 19.3 Å². The van der Waals surface area contributed by atoms with Crippen LogP contribution in [-0.2, 0) is 14.4 Å². The number of nitrogens with one attached hydrogen (secondary N) is 2. The summed E-state index contributed by atoms with van der Waals surface area (Å²) in [5.74, 6) is -0.525. The Balaban J connectivity index is 1.72. The van der Waals surface area contributed by atoms with Gasteiger partial charge in [-0.15, -0.1) is 0 Å². The molecule has 35 heavy (non-hydrogen) atoms. The van der Waals surface area contributed by atoms with E-state index in [1.54, 1.807) is 4.90 Å². The van der Waals surface area contributed by atoms with Gasteiger partial charge in [-0.2, -0.15) is 0 Å². The Morgan fingerprint density at radius 2 is 1.09 bits per heavy atom. The summed E-state index contributed by atoms with van der Waals surface area (Å²) >= 11 is 0. The van der Waals surface area contributed by atoms with Crippen molar-refractivity contribution in [1.29, 1.82) is 0 Å². The molecule has 1 aliphatic heterocycles. The molecule has 2 aromatic rings. The van der Waals surface area contributed by atoms with E-state index in [1.807, 2.05) is 69.0 Å². The maximum absolute atomic E-state index is 13.1. The van der Waals surface area contributed by atoms with E-state index in [-0.39, 0.29) is 37.4 Å². The predicted molar refractivity (Wildman–Crippen MR) is 141 cm³/mol. The highest BCUT2D eigenvalue weighted by Crippen LogP contribution is 2.20. The number of nitrogens with zero attached hydrogens (tertiary/aromatic N) is 2. The minimum atomic E-state index is -0.245. The van der Waals surface area contributed by atoms with E-state index in [0.29, 0.717) is 0 Å². The number of para-hydroxylation sites is 2. The van der Waals surface area contributed by atoms with E-state index in [0.717, 1.165) is 72.4 Å². The molecule has 7 nitrogen and oxygen atoms in total. The molecule has 188 valence electrons. The monoisotopic (exact) mass is 478 g/mol. The van der Waals surface area contributed by atoms with Crippen LogP contribution in [0.4, 0.5) is 11.4 Å². The van der Waals surface area contributed by atoms with Crippen LogP contribution in [0, 0.1) is 27.7 Å². The molecule has 0 atom stereocenters. The van der Waals surface area contributed by atoms with Gasteiger partial charge in [0.05, 0.1) is 19.6 Å². The molecule has 0 spiro atoms. The molecule has 2 N–H and O–H groups in total. The number of likely N-dealkylation sites (tertiary alicyclic amines) is 1. The van der Waals surface area contributed by atoms with Gasteiger partial charge in [0.25, 0.3) is 0 Å². The van der Waals surface area contributed by atoms with E-state index in [2.05, 4.69) is 10.6 Å². The first-order valence-corrected chi connectivity index (χ1v) is 12.5. The third-order valence-corrected chi connectivity index (χ3v) is 6.54. The summed E-state index contributed by atoms with van der Waals surface area (Å²) < 4.78 is 0. The summed E-state index contributed by atoms with van der Waals surface area (Å²) in [4.78, 5) is 42.5. The molecule has 1 saturated heterocycles. The molecule has 1 heterocycles. The number of anilines is 2. The zero-order chi connectivity index (χ0) is 25.4. The molecule has 0 saturated carbocycles. The Morgan fingerprint density at radius 3 is 1.49 bits per heavy atom. The molecule has 1 aliphatic rings. The van der Waals surface area contributed by atoms with Gasteiger partial charge in [0.1, 0.15) is 0 Å². The number of rotatable bonds is 8. The van der Waals surface area contributed by atoms with Crippen LogP contribution in [-0.4, -0.2) is 60.2 Å². The fourth-order valence-electron chi connectivity index (χ4n) is 4.57. The smallest absolute Gasteiger partial charge is 0.238 e. The minimum absolute atomic E-state index is 0.0281. The van der Waals surface area contributed by atoms with Crippen molar-refractivity contribution in [3.63, 3.8) is 0 Å². The average molecular weight is 479 g/mol. The highest BCUT2D eigenvalue weighted by Gasteiger charge is 2.23. The topological polar surface area (TPSA) is 81.8 Å². The van der Waals surface area contributed by atoms with Crippen molar-refractivity contribution in [1.82, 2.24) is 9.80 Å². The summed E-state index contributed by atoms with van der Waals surface area (Å²) in [6, 6.07) is 11.7. The Bertz CT molecular complexity index is 950.